The van der Waals surface area contributed by atoms with Gasteiger partial charge in [0.05, 0.1) is 4.92 Å². The summed E-state index contributed by atoms with van der Waals surface area (Å²) in [6, 6.07) is 7.26. The maximum Gasteiger partial charge on any atom is 0.313 e. The van der Waals surface area contributed by atoms with Gasteiger partial charge in [-0.15, -0.1) is 0 Å². The Bertz CT molecular complexity index is 634. The van der Waals surface area contributed by atoms with Gasteiger partial charge in [-0.2, -0.15) is 0 Å². The van der Waals surface area contributed by atoms with E-state index in [0.29, 0.717) is 23.8 Å². The molecule has 0 radical (unpaired) electrons. The lowest BCUT2D eigenvalue weighted by Crippen LogP contribution is -2.06. The normalized spacial score (nSPS) is 10.3. The maximum atomic E-state index is 11.1. The van der Waals surface area contributed by atoms with E-state index < -0.39 is 4.92 Å². The number of nitrogens with zero attached hydrogens (tertiary/aromatic N) is 3. The summed E-state index contributed by atoms with van der Waals surface area (Å²) in [5.74, 6) is 0.392. The second-order valence-electron chi connectivity index (χ2n) is 4.09. The highest BCUT2D eigenvalue weighted by Crippen LogP contribution is 2.33. The molecule has 0 atom stereocenters. The molecule has 2 aromatic rings. The van der Waals surface area contributed by atoms with Gasteiger partial charge >= 0.3 is 5.69 Å². The Morgan fingerprint density at radius 3 is 2.80 bits per heavy atom. The van der Waals surface area contributed by atoms with Gasteiger partial charge in [0.15, 0.2) is 5.69 Å². The molecule has 7 heteroatoms. The maximum absolute atomic E-state index is 11.1. The van der Waals surface area contributed by atoms with Crippen LogP contribution in [-0.2, 0) is 0 Å². The average Bonchev–Trinajstić information content (AvgIpc) is 2.45. The van der Waals surface area contributed by atoms with Crippen LogP contribution in [0.1, 0.15) is 13.3 Å². The second kappa shape index (κ2) is 6.42. The van der Waals surface area contributed by atoms with Crippen molar-refractivity contribution in [3.63, 3.8) is 0 Å². The highest BCUT2D eigenvalue weighted by atomic mass is 79.9. The van der Waals surface area contributed by atoms with Gasteiger partial charge in [0.2, 0.25) is 5.95 Å². The van der Waals surface area contributed by atoms with Gasteiger partial charge in [-0.1, -0.05) is 41.1 Å². The van der Waals surface area contributed by atoms with Gasteiger partial charge < -0.3 is 5.32 Å². The number of rotatable bonds is 5. The molecule has 0 aliphatic carbocycles. The molecule has 0 amide bonds. The summed E-state index contributed by atoms with van der Waals surface area (Å²) in [7, 11) is 0. The fraction of sp³-hybridized carbons (Fsp3) is 0.231. The molecule has 104 valence electrons. The number of nitro groups is 1. The van der Waals surface area contributed by atoms with Gasteiger partial charge in [-0.25, -0.2) is 9.97 Å². The zero-order valence-electron chi connectivity index (χ0n) is 10.8. The molecule has 0 aliphatic heterocycles. The van der Waals surface area contributed by atoms with E-state index in [9.17, 15) is 10.1 Å². The lowest BCUT2D eigenvalue weighted by molar-refractivity contribution is -0.384. The van der Waals surface area contributed by atoms with Crippen LogP contribution in [0, 0.1) is 10.1 Å². The van der Waals surface area contributed by atoms with Crippen LogP contribution in [0.25, 0.3) is 11.3 Å². The van der Waals surface area contributed by atoms with Crippen molar-refractivity contribution in [1.29, 1.82) is 0 Å². The monoisotopic (exact) mass is 336 g/mol. The summed E-state index contributed by atoms with van der Waals surface area (Å²) in [5, 5.41) is 14.2. The summed E-state index contributed by atoms with van der Waals surface area (Å²) in [6.45, 7) is 2.74. The SMILES string of the molecule is CCCNc1ncc([N+](=O)[O-])c(-c2ccccc2Br)n1. The van der Waals surface area contributed by atoms with Crippen LogP contribution < -0.4 is 5.32 Å². The van der Waals surface area contributed by atoms with Crippen molar-refractivity contribution in [2.24, 2.45) is 0 Å². The molecule has 2 rings (SSSR count). The molecule has 1 aromatic carbocycles. The van der Waals surface area contributed by atoms with Gasteiger partial charge in [0, 0.05) is 16.6 Å². The third-order valence-corrected chi connectivity index (χ3v) is 3.32. The minimum absolute atomic E-state index is 0.112. The van der Waals surface area contributed by atoms with Gasteiger partial charge in [-0.3, -0.25) is 10.1 Å². The number of hydrogen-bond acceptors (Lipinski definition) is 5. The van der Waals surface area contributed by atoms with E-state index >= 15 is 0 Å². The third-order valence-electron chi connectivity index (χ3n) is 2.63. The third kappa shape index (κ3) is 3.11. The highest BCUT2D eigenvalue weighted by molar-refractivity contribution is 9.10. The molecule has 6 nitrogen and oxygen atoms in total. The smallest absolute Gasteiger partial charge is 0.313 e. The van der Waals surface area contributed by atoms with Crippen molar-refractivity contribution in [3.8, 4) is 11.3 Å². The number of hydrogen-bond donors (Lipinski definition) is 1. The van der Waals surface area contributed by atoms with E-state index in [1.54, 1.807) is 6.07 Å². The van der Waals surface area contributed by atoms with Crippen LogP contribution in [0.15, 0.2) is 34.9 Å². The molecule has 0 aliphatic rings. The number of nitrogens with one attached hydrogen (secondary N) is 1. The van der Waals surface area contributed by atoms with Crippen LogP contribution in [0.2, 0.25) is 0 Å². The van der Waals surface area contributed by atoms with Crippen molar-refractivity contribution < 1.29 is 4.92 Å². The Kier molecular flexibility index (Phi) is 4.62. The Morgan fingerprint density at radius 1 is 1.40 bits per heavy atom. The van der Waals surface area contributed by atoms with Crippen molar-refractivity contribution in [2.45, 2.75) is 13.3 Å². The van der Waals surface area contributed by atoms with Crippen LogP contribution in [0.4, 0.5) is 11.6 Å². The standard InChI is InChI=1S/C13H13BrN4O2/c1-2-7-15-13-16-8-11(18(19)20)12(17-13)9-5-3-4-6-10(9)14/h3-6,8H,2,7H2,1H3,(H,15,16,17). The van der Waals surface area contributed by atoms with Crippen molar-refractivity contribution in [1.82, 2.24) is 9.97 Å². The number of anilines is 1. The Morgan fingerprint density at radius 2 is 2.15 bits per heavy atom. The summed E-state index contributed by atoms with van der Waals surface area (Å²) in [6.07, 6.45) is 2.16. The van der Waals surface area contributed by atoms with E-state index in [4.69, 9.17) is 0 Å². The molecule has 0 spiro atoms. The van der Waals surface area contributed by atoms with Gasteiger partial charge in [-0.05, 0) is 12.5 Å². The number of aromatic nitrogens is 2. The first kappa shape index (κ1) is 14.4. The molecule has 1 N–H and O–H groups in total. The quantitative estimate of drug-likeness (QED) is 0.665. The van der Waals surface area contributed by atoms with Crippen molar-refractivity contribution in [2.75, 3.05) is 11.9 Å². The first-order valence-corrected chi connectivity index (χ1v) is 6.93. The minimum atomic E-state index is -0.474. The molecular formula is C13H13BrN4O2. The number of benzene rings is 1. The molecule has 0 saturated carbocycles. The zero-order chi connectivity index (χ0) is 14.5. The van der Waals surface area contributed by atoms with E-state index in [1.165, 1.54) is 6.20 Å². The van der Waals surface area contributed by atoms with Gasteiger partial charge in [0.25, 0.3) is 0 Å². The minimum Gasteiger partial charge on any atom is -0.354 e. The summed E-state index contributed by atoms with van der Waals surface area (Å²) >= 11 is 3.39. The molecule has 1 heterocycles. The zero-order valence-corrected chi connectivity index (χ0v) is 12.4. The largest absolute Gasteiger partial charge is 0.354 e. The Balaban J connectivity index is 2.53. The molecule has 1 aromatic heterocycles. The molecule has 0 saturated heterocycles. The van der Waals surface area contributed by atoms with Crippen LogP contribution in [0.3, 0.4) is 0 Å². The summed E-state index contributed by atoms with van der Waals surface area (Å²) < 4.78 is 0.753. The Hall–Kier alpha value is -2.02. The van der Waals surface area contributed by atoms with Crippen LogP contribution in [0.5, 0.6) is 0 Å². The highest BCUT2D eigenvalue weighted by Gasteiger charge is 2.20. The van der Waals surface area contributed by atoms with E-state index in [2.05, 4.69) is 31.2 Å². The van der Waals surface area contributed by atoms with E-state index in [-0.39, 0.29) is 5.69 Å². The first-order chi connectivity index (χ1) is 9.63. The lowest BCUT2D eigenvalue weighted by Gasteiger charge is -2.07. The summed E-state index contributed by atoms with van der Waals surface area (Å²) in [4.78, 5) is 18.9. The molecule has 0 fully saturated rings. The molecular weight excluding hydrogens is 324 g/mol. The fourth-order valence-corrected chi connectivity index (χ4v) is 2.16. The predicted molar refractivity (Wildman–Crippen MR) is 80.6 cm³/mol. The number of halogens is 1. The fourth-order valence-electron chi connectivity index (χ4n) is 1.68. The van der Waals surface area contributed by atoms with E-state index in [1.807, 2.05) is 25.1 Å². The average molecular weight is 337 g/mol. The first-order valence-electron chi connectivity index (χ1n) is 6.13. The van der Waals surface area contributed by atoms with Crippen molar-refractivity contribution in [3.05, 3.63) is 45.0 Å². The van der Waals surface area contributed by atoms with Crippen LogP contribution >= 0.6 is 15.9 Å². The molecule has 0 unspecified atom stereocenters. The van der Waals surface area contributed by atoms with Gasteiger partial charge in [0.1, 0.15) is 6.20 Å². The second-order valence-corrected chi connectivity index (χ2v) is 4.95. The lowest BCUT2D eigenvalue weighted by atomic mass is 10.1. The van der Waals surface area contributed by atoms with Crippen molar-refractivity contribution >= 4 is 27.6 Å². The van der Waals surface area contributed by atoms with E-state index in [0.717, 1.165) is 10.9 Å². The Labute approximate surface area is 124 Å². The predicted octanol–water partition coefficient (Wildman–Crippen LogP) is 3.64. The summed E-state index contributed by atoms with van der Waals surface area (Å²) in [5.41, 5.74) is 0.858. The van der Waals surface area contributed by atoms with Crippen LogP contribution in [-0.4, -0.2) is 21.4 Å². The topological polar surface area (TPSA) is 81.0 Å². The molecule has 0 bridgehead atoms. The molecule has 20 heavy (non-hydrogen) atoms.